The van der Waals surface area contributed by atoms with E-state index in [1.165, 1.54) is 0 Å². The van der Waals surface area contributed by atoms with Gasteiger partial charge in [-0.3, -0.25) is 0 Å². The average Bonchev–Trinajstić information content (AvgIpc) is 2.28. The minimum atomic E-state index is -0.977. The Bertz CT molecular complexity index is 446. The Labute approximate surface area is 96.4 Å². The second-order valence-electron chi connectivity index (χ2n) is 3.96. The first-order chi connectivity index (χ1) is 7.65. The Hall–Kier alpha value is -2.06. The van der Waals surface area contributed by atoms with Gasteiger partial charge in [0.1, 0.15) is 0 Å². The molecular formula is C14H14N2. The third-order valence-corrected chi connectivity index (χ3v) is 2.51. The molecule has 0 aliphatic rings. The summed E-state index contributed by atoms with van der Waals surface area (Å²) >= 11 is 0. The summed E-state index contributed by atoms with van der Waals surface area (Å²) in [5, 5.41) is 18.2. The number of hydrogen-bond acceptors (Lipinski definition) is 2. The van der Waals surface area contributed by atoms with Crippen LogP contribution >= 0.6 is 0 Å². The smallest absolute Gasteiger partial charge is 0.151 e. The highest BCUT2D eigenvalue weighted by Crippen LogP contribution is 2.26. The van der Waals surface area contributed by atoms with Crippen LogP contribution in [-0.2, 0) is 6.42 Å². The third-order valence-electron chi connectivity index (χ3n) is 2.51. The van der Waals surface area contributed by atoms with E-state index in [-0.39, 0.29) is 0 Å². The van der Waals surface area contributed by atoms with E-state index in [0.29, 0.717) is 12.8 Å². The zero-order valence-corrected chi connectivity index (χ0v) is 9.40. The number of benzene rings is 1. The van der Waals surface area contributed by atoms with Gasteiger partial charge in [0, 0.05) is 6.42 Å². The van der Waals surface area contributed by atoms with Gasteiger partial charge in [-0.05, 0) is 18.9 Å². The first kappa shape index (κ1) is 12.0. The van der Waals surface area contributed by atoms with Gasteiger partial charge in [0.05, 0.1) is 12.1 Å². The quantitative estimate of drug-likeness (QED) is 0.717. The maximum atomic E-state index is 9.12. The molecule has 0 radical (unpaired) electrons. The van der Waals surface area contributed by atoms with Gasteiger partial charge in [-0.25, -0.2) is 0 Å². The van der Waals surface area contributed by atoms with Gasteiger partial charge >= 0.3 is 0 Å². The Morgan fingerprint density at radius 1 is 1.38 bits per heavy atom. The molecule has 0 unspecified atom stereocenters. The van der Waals surface area contributed by atoms with Crippen molar-refractivity contribution in [3.05, 3.63) is 48.0 Å². The van der Waals surface area contributed by atoms with Crippen molar-refractivity contribution in [2.45, 2.75) is 19.8 Å². The maximum Gasteiger partial charge on any atom is 0.151 e. The van der Waals surface area contributed by atoms with Gasteiger partial charge in [-0.1, -0.05) is 35.9 Å². The third kappa shape index (κ3) is 2.72. The molecule has 16 heavy (non-hydrogen) atoms. The van der Waals surface area contributed by atoms with E-state index in [2.05, 4.69) is 18.7 Å². The highest BCUT2D eigenvalue weighted by atomic mass is 14.4. The standard InChI is InChI=1S/C14H14N2/c1-3-7-14(10-15,11-16)9-13-6-4-5-12(2)8-13/h3-6,8H,1,7,9H2,2H3. The van der Waals surface area contributed by atoms with Crippen LogP contribution in [0.3, 0.4) is 0 Å². The molecule has 2 heteroatoms. The Kier molecular flexibility index (Phi) is 3.86. The monoisotopic (exact) mass is 210 g/mol. The lowest BCUT2D eigenvalue weighted by atomic mass is 9.81. The summed E-state index contributed by atoms with van der Waals surface area (Å²) in [6.07, 6.45) is 2.48. The average molecular weight is 210 g/mol. The lowest BCUT2D eigenvalue weighted by Crippen LogP contribution is -2.18. The molecule has 0 N–H and O–H groups in total. The van der Waals surface area contributed by atoms with E-state index in [0.717, 1.165) is 11.1 Å². The molecule has 0 aliphatic carbocycles. The predicted molar refractivity (Wildman–Crippen MR) is 63.4 cm³/mol. The number of allylic oxidation sites excluding steroid dienone is 1. The van der Waals surface area contributed by atoms with Crippen molar-refractivity contribution in [1.29, 1.82) is 10.5 Å². The van der Waals surface area contributed by atoms with Crippen LogP contribution in [0.5, 0.6) is 0 Å². The van der Waals surface area contributed by atoms with Crippen molar-refractivity contribution >= 4 is 0 Å². The van der Waals surface area contributed by atoms with E-state index in [9.17, 15) is 0 Å². The number of nitriles is 2. The van der Waals surface area contributed by atoms with E-state index < -0.39 is 5.41 Å². The highest BCUT2D eigenvalue weighted by Gasteiger charge is 2.28. The topological polar surface area (TPSA) is 47.6 Å². The summed E-state index contributed by atoms with van der Waals surface area (Å²) in [6, 6.07) is 12.1. The summed E-state index contributed by atoms with van der Waals surface area (Å²) in [5.41, 5.74) is 1.18. The summed E-state index contributed by atoms with van der Waals surface area (Å²) < 4.78 is 0. The second kappa shape index (κ2) is 5.14. The first-order valence-electron chi connectivity index (χ1n) is 5.15. The summed E-state index contributed by atoms with van der Waals surface area (Å²) in [6.45, 7) is 5.60. The van der Waals surface area contributed by atoms with Gasteiger partial charge in [-0.2, -0.15) is 10.5 Å². The summed E-state index contributed by atoms with van der Waals surface area (Å²) in [5.74, 6) is 0. The van der Waals surface area contributed by atoms with E-state index >= 15 is 0 Å². The SMILES string of the molecule is C=CCC(C#N)(C#N)Cc1cccc(C)c1. The second-order valence-corrected chi connectivity index (χ2v) is 3.96. The Balaban J connectivity index is 2.98. The molecule has 0 heterocycles. The molecule has 0 saturated heterocycles. The lowest BCUT2D eigenvalue weighted by Gasteiger charge is -2.16. The van der Waals surface area contributed by atoms with Gasteiger partial charge in [-0.15, -0.1) is 6.58 Å². The van der Waals surface area contributed by atoms with Gasteiger partial charge in [0.15, 0.2) is 5.41 Å². The normalized spacial score (nSPS) is 10.2. The Morgan fingerprint density at radius 3 is 2.56 bits per heavy atom. The fourth-order valence-electron chi connectivity index (χ4n) is 1.68. The van der Waals surface area contributed by atoms with Crippen LogP contribution in [0.1, 0.15) is 17.5 Å². The van der Waals surface area contributed by atoms with E-state index in [4.69, 9.17) is 10.5 Å². The molecular weight excluding hydrogens is 196 g/mol. The van der Waals surface area contributed by atoms with E-state index in [1.54, 1.807) is 6.08 Å². The minimum absolute atomic E-state index is 0.397. The fraction of sp³-hybridized carbons (Fsp3) is 0.286. The number of hydrogen-bond donors (Lipinski definition) is 0. The van der Waals surface area contributed by atoms with Crippen LogP contribution in [0.2, 0.25) is 0 Å². The van der Waals surface area contributed by atoms with Gasteiger partial charge < -0.3 is 0 Å². The minimum Gasteiger partial charge on any atom is -0.197 e. The molecule has 0 aromatic heterocycles. The van der Waals surface area contributed by atoms with Crippen LogP contribution in [0, 0.1) is 35.0 Å². The molecule has 1 aromatic carbocycles. The van der Waals surface area contributed by atoms with Crippen LogP contribution in [0.25, 0.3) is 0 Å². The summed E-state index contributed by atoms with van der Waals surface area (Å²) in [4.78, 5) is 0. The lowest BCUT2D eigenvalue weighted by molar-refractivity contribution is 0.527. The molecule has 0 amide bonds. The van der Waals surface area contributed by atoms with Crippen molar-refractivity contribution in [3.63, 3.8) is 0 Å². The van der Waals surface area contributed by atoms with Crippen molar-refractivity contribution in [2.75, 3.05) is 0 Å². The molecule has 0 spiro atoms. The Morgan fingerprint density at radius 2 is 2.06 bits per heavy atom. The number of aryl methyl sites for hydroxylation is 1. The largest absolute Gasteiger partial charge is 0.197 e. The van der Waals surface area contributed by atoms with Crippen LogP contribution in [-0.4, -0.2) is 0 Å². The highest BCUT2D eigenvalue weighted by molar-refractivity contribution is 5.28. The molecule has 0 fully saturated rings. The van der Waals surface area contributed by atoms with Crippen molar-refractivity contribution < 1.29 is 0 Å². The molecule has 80 valence electrons. The molecule has 0 aliphatic heterocycles. The predicted octanol–water partition coefficient (Wildman–Crippen LogP) is 3.15. The van der Waals surface area contributed by atoms with Crippen molar-refractivity contribution in [3.8, 4) is 12.1 Å². The zero-order valence-electron chi connectivity index (χ0n) is 9.40. The molecule has 2 nitrogen and oxygen atoms in total. The molecule has 0 atom stereocenters. The first-order valence-corrected chi connectivity index (χ1v) is 5.15. The van der Waals surface area contributed by atoms with E-state index in [1.807, 2.05) is 31.2 Å². The summed E-state index contributed by atoms with van der Waals surface area (Å²) in [7, 11) is 0. The number of nitrogens with zero attached hydrogens (tertiary/aromatic N) is 2. The van der Waals surface area contributed by atoms with Crippen LogP contribution in [0.4, 0.5) is 0 Å². The van der Waals surface area contributed by atoms with Crippen molar-refractivity contribution in [1.82, 2.24) is 0 Å². The number of rotatable bonds is 4. The molecule has 0 saturated carbocycles. The maximum absolute atomic E-state index is 9.12. The zero-order chi connectivity index (χ0) is 12.0. The molecule has 1 aromatic rings. The molecule has 1 rings (SSSR count). The van der Waals surface area contributed by atoms with Crippen LogP contribution < -0.4 is 0 Å². The fourth-order valence-corrected chi connectivity index (χ4v) is 1.68. The van der Waals surface area contributed by atoms with Crippen LogP contribution in [0.15, 0.2) is 36.9 Å². The molecule has 0 bridgehead atoms. The van der Waals surface area contributed by atoms with Gasteiger partial charge in [0.2, 0.25) is 0 Å². The van der Waals surface area contributed by atoms with Crippen molar-refractivity contribution in [2.24, 2.45) is 5.41 Å². The van der Waals surface area contributed by atoms with Gasteiger partial charge in [0.25, 0.3) is 0 Å².